The molecule has 1 atom stereocenters. The molecule has 0 spiro atoms. The lowest BCUT2D eigenvalue weighted by Gasteiger charge is -2.26. The van der Waals surface area contributed by atoms with E-state index in [9.17, 15) is 0 Å². The van der Waals surface area contributed by atoms with Crippen LogP contribution in [-0.2, 0) is 9.47 Å². The molecule has 1 unspecified atom stereocenters. The second-order valence-corrected chi connectivity index (χ2v) is 4.58. The van der Waals surface area contributed by atoms with Crippen molar-refractivity contribution >= 4 is 0 Å². The molecule has 1 N–H and O–H groups in total. The van der Waals surface area contributed by atoms with Gasteiger partial charge in [-0.25, -0.2) is 0 Å². The maximum absolute atomic E-state index is 5.41. The van der Waals surface area contributed by atoms with E-state index in [4.69, 9.17) is 9.47 Å². The Balaban J connectivity index is 2.22. The second kappa shape index (κ2) is 5.69. The SMILES string of the molecule is COC(C)(C)CNC1CCCOCC1. The number of rotatable bonds is 4. The summed E-state index contributed by atoms with van der Waals surface area (Å²) >= 11 is 0. The fourth-order valence-corrected chi connectivity index (χ4v) is 1.57. The minimum Gasteiger partial charge on any atom is -0.381 e. The molecule has 0 aromatic heterocycles. The van der Waals surface area contributed by atoms with Crippen molar-refractivity contribution in [2.24, 2.45) is 0 Å². The maximum Gasteiger partial charge on any atom is 0.0746 e. The molecule has 1 rings (SSSR count). The Hall–Kier alpha value is -0.120. The molecule has 0 bridgehead atoms. The van der Waals surface area contributed by atoms with Crippen LogP contribution in [0.2, 0.25) is 0 Å². The Morgan fingerprint density at radius 3 is 2.86 bits per heavy atom. The summed E-state index contributed by atoms with van der Waals surface area (Å²) in [6, 6.07) is 0.604. The predicted octanol–water partition coefficient (Wildman–Crippen LogP) is 1.57. The summed E-state index contributed by atoms with van der Waals surface area (Å²) in [7, 11) is 1.76. The van der Waals surface area contributed by atoms with Gasteiger partial charge in [0, 0.05) is 32.9 Å². The van der Waals surface area contributed by atoms with Crippen molar-refractivity contribution in [3.63, 3.8) is 0 Å². The fourth-order valence-electron chi connectivity index (χ4n) is 1.57. The van der Waals surface area contributed by atoms with E-state index in [1.165, 1.54) is 12.8 Å². The first kappa shape index (κ1) is 12.0. The molecule has 0 saturated carbocycles. The molecule has 0 aromatic carbocycles. The van der Waals surface area contributed by atoms with Crippen LogP contribution in [0.25, 0.3) is 0 Å². The van der Waals surface area contributed by atoms with Crippen LogP contribution in [0.4, 0.5) is 0 Å². The quantitative estimate of drug-likeness (QED) is 0.749. The Bertz CT molecular complexity index is 151. The van der Waals surface area contributed by atoms with Gasteiger partial charge >= 0.3 is 0 Å². The summed E-state index contributed by atoms with van der Waals surface area (Å²) in [6.07, 6.45) is 3.52. The van der Waals surface area contributed by atoms with Gasteiger partial charge in [0.25, 0.3) is 0 Å². The highest BCUT2D eigenvalue weighted by molar-refractivity contribution is 4.76. The number of nitrogens with one attached hydrogen (secondary N) is 1. The third kappa shape index (κ3) is 4.40. The van der Waals surface area contributed by atoms with E-state index in [2.05, 4.69) is 19.2 Å². The fraction of sp³-hybridized carbons (Fsp3) is 1.00. The zero-order valence-corrected chi connectivity index (χ0v) is 9.64. The molecule has 1 saturated heterocycles. The van der Waals surface area contributed by atoms with Crippen LogP contribution in [0.15, 0.2) is 0 Å². The topological polar surface area (TPSA) is 30.5 Å². The van der Waals surface area contributed by atoms with Crippen LogP contribution >= 0.6 is 0 Å². The Morgan fingerprint density at radius 2 is 2.14 bits per heavy atom. The zero-order valence-electron chi connectivity index (χ0n) is 9.64. The molecule has 0 aromatic rings. The molecule has 1 heterocycles. The number of methoxy groups -OCH3 is 1. The van der Waals surface area contributed by atoms with Crippen LogP contribution < -0.4 is 5.32 Å². The zero-order chi connectivity index (χ0) is 10.4. The summed E-state index contributed by atoms with van der Waals surface area (Å²) in [5.41, 5.74) is -0.0623. The number of hydrogen-bond acceptors (Lipinski definition) is 3. The maximum atomic E-state index is 5.41. The van der Waals surface area contributed by atoms with Gasteiger partial charge in [0.05, 0.1) is 5.60 Å². The molecule has 0 amide bonds. The van der Waals surface area contributed by atoms with E-state index < -0.39 is 0 Å². The molecule has 14 heavy (non-hydrogen) atoms. The molecule has 1 aliphatic heterocycles. The van der Waals surface area contributed by atoms with Crippen molar-refractivity contribution in [3.8, 4) is 0 Å². The highest BCUT2D eigenvalue weighted by Crippen LogP contribution is 2.11. The van der Waals surface area contributed by atoms with Crippen LogP contribution in [0, 0.1) is 0 Å². The first-order valence-electron chi connectivity index (χ1n) is 5.50. The molecule has 1 aliphatic rings. The second-order valence-electron chi connectivity index (χ2n) is 4.58. The van der Waals surface area contributed by atoms with Gasteiger partial charge in [-0.2, -0.15) is 0 Å². The largest absolute Gasteiger partial charge is 0.381 e. The molecular formula is C11H23NO2. The van der Waals surface area contributed by atoms with E-state index in [1.54, 1.807) is 7.11 Å². The summed E-state index contributed by atoms with van der Waals surface area (Å²) < 4.78 is 10.8. The molecular weight excluding hydrogens is 178 g/mol. The summed E-state index contributed by atoms with van der Waals surface area (Å²) in [4.78, 5) is 0. The standard InChI is InChI=1S/C11H23NO2/c1-11(2,13-3)9-12-10-5-4-7-14-8-6-10/h10,12H,4-9H2,1-3H3. The van der Waals surface area contributed by atoms with Gasteiger partial charge < -0.3 is 14.8 Å². The molecule has 0 aliphatic carbocycles. The molecule has 84 valence electrons. The molecule has 1 fully saturated rings. The van der Waals surface area contributed by atoms with Crippen LogP contribution in [0.1, 0.15) is 33.1 Å². The summed E-state index contributed by atoms with van der Waals surface area (Å²) in [5, 5.41) is 3.55. The van der Waals surface area contributed by atoms with Gasteiger partial charge in [0.1, 0.15) is 0 Å². The lowest BCUT2D eigenvalue weighted by Crippen LogP contribution is -2.42. The smallest absolute Gasteiger partial charge is 0.0746 e. The highest BCUT2D eigenvalue weighted by atomic mass is 16.5. The van der Waals surface area contributed by atoms with Crippen molar-refractivity contribution in [2.45, 2.75) is 44.8 Å². The molecule has 3 nitrogen and oxygen atoms in total. The first-order chi connectivity index (χ1) is 6.64. The van der Waals surface area contributed by atoms with Crippen LogP contribution in [0.3, 0.4) is 0 Å². The Kier molecular flexibility index (Phi) is 4.85. The van der Waals surface area contributed by atoms with E-state index in [-0.39, 0.29) is 5.60 Å². The summed E-state index contributed by atoms with van der Waals surface area (Å²) in [6.45, 7) is 6.94. The molecule has 0 radical (unpaired) electrons. The van der Waals surface area contributed by atoms with E-state index in [1.807, 2.05) is 0 Å². The van der Waals surface area contributed by atoms with Crippen LogP contribution in [0.5, 0.6) is 0 Å². The first-order valence-corrected chi connectivity index (χ1v) is 5.50. The van der Waals surface area contributed by atoms with Gasteiger partial charge in [-0.15, -0.1) is 0 Å². The predicted molar refractivity (Wildman–Crippen MR) is 57.5 cm³/mol. The number of ether oxygens (including phenoxy) is 2. The number of hydrogen-bond donors (Lipinski definition) is 1. The third-order valence-electron chi connectivity index (χ3n) is 2.82. The van der Waals surface area contributed by atoms with Gasteiger partial charge in [-0.3, -0.25) is 0 Å². The average Bonchev–Trinajstić information content (AvgIpc) is 2.43. The van der Waals surface area contributed by atoms with Crippen molar-refractivity contribution in [3.05, 3.63) is 0 Å². The minimum atomic E-state index is -0.0623. The lowest BCUT2D eigenvalue weighted by molar-refractivity contribution is 0.0205. The minimum absolute atomic E-state index is 0.0623. The van der Waals surface area contributed by atoms with E-state index in [0.29, 0.717) is 6.04 Å². The van der Waals surface area contributed by atoms with Crippen molar-refractivity contribution < 1.29 is 9.47 Å². The van der Waals surface area contributed by atoms with Gasteiger partial charge in [-0.1, -0.05) is 0 Å². The molecule has 3 heteroatoms. The van der Waals surface area contributed by atoms with Crippen LogP contribution in [-0.4, -0.2) is 38.5 Å². The van der Waals surface area contributed by atoms with Crippen molar-refractivity contribution in [2.75, 3.05) is 26.9 Å². The Morgan fingerprint density at radius 1 is 1.36 bits per heavy atom. The van der Waals surface area contributed by atoms with E-state index in [0.717, 1.165) is 26.2 Å². The van der Waals surface area contributed by atoms with Gasteiger partial charge in [0.15, 0.2) is 0 Å². The monoisotopic (exact) mass is 201 g/mol. The third-order valence-corrected chi connectivity index (χ3v) is 2.82. The van der Waals surface area contributed by atoms with Gasteiger partial charge in [0.2, 0.25) is 0 Å². The van der Waals surface area contributed by atoms with Gasteiger partial charge in [-0.05, 0) is 33.1 Å². The lowest BCUT2D eigenvalue weighted by atomic mass is 10.1. The highest BCUT2D eigenvalue weighted by Gasteiger charge is 2.19. The normalized spacial score (nSPS) is 24.6. The van der Waals surface area contributed by atoms with Crippen molar-refractivity contribution in [1.82, 2.24) is 5.32 Å². The summed E-state index contributed by atoms with van der Waals surface area (Å²) in [5.74, 6) is 0. The Labute approximate surface area is 87.2 Å². The average molecular weight is 201 g/mol. The van der Waals surface area contributed by atoms with E-state index >= 15 is 0 Å². The van der Waals surface area contributed by atoms with Crippen molar-refractivity contribution in [1.29, 1.82) is 0 Å².